The van der Waals surface area contributed by atoms with Crippen molar-refractivity contribution in [2.75, 3.05) is 0 Å². The zero-order valence-electron chi connectivity index (χ0n) is 14.6. The molecule has 27 heavy (non-hydrogen) atoms. The van der Waals surface area contributed by atoms with Crippen LogP contribution in [0.15, 0.2) is 72.8 Å². The molecule has 0 saturated heterocycles. The molecule has 0 fully saturated rings. The van der Waals surface area contributed by atoms with E-state index in [1.165, 1.54) is 12.1 Å². The lowest BCUT2D eigenvalue weighted by molar-refractivity contribution is 0.0938. The van der Waals surface area contributed by atoms with Gasteiger partial charge >= 0.3 is 0 Å². The van der Waals surface area contributed by atoms with Gasteiger partial charge in [0.1, 0.15) is 11.6 Å². The van der Waals surface area contributed by atoms with E-state index in [1.807, 2.05) is 6.07 Å². The maximum atomic E-state index is 13.8. The fraction of sp³-hybridized carbons (Fsp3) is 0.0909. The molecular weight excluding hydrogens is 348 g/mol. The van der Waals surface area contributed by atoms with E-state index < -0.39 is 23.6 Å². The lowest BCUT2D eigenvalue weighted by atomic mass is 10.0. The first-order valence-corrected chi connectivity index (χ1v) is 8.41. The lowest BCUT2D eigenvalue weighted by Gasteiger charge is -2.15. The number of hydrogen-bond acceptors (Lipinski definition) is 2. The van der Waals surface area contributed by atoms with E-state index in [0.717, 1.165) is 18.2 Å². The van der Waals surface area contributed by atoms with E-state index >= 15 is 0 Å². The molecule has 5 heteroatoms. The van der Waals surface area contributed by atoms with Gasteiger partial charge in [0.15, 0.2) is 5.78 Å². The molecular formula is C22H17F2NO2. The normalized spacial score (nSPS) is 11.7. The van der Waals surface area contributed by atoms with Crippen LogP contribution in [0.1, 0.15) is 44.8 Å². The van der Waals surface area contributed by atoms with Gasteiger partial charge in [-0.2, -0.15) is 0 Å². The Bertz CT molecular complexity index is 969. The topological polar surface area (TPSA) is 46.2 Å². The minimum atomic E-state index is -0.709. The van der Waals surface area contributed by atoms with Crippen LogP contribution in [0.2, 0.25) is 0 Å². The standard InChI is InChI=1S/C22H17F2NO2/c1-14(19-13-18(23)11-12-20(19)24)25-22(27)17-9-7-16(8-10-17)21(26)15-5-3-2-4-6-15/h2-14H,1H3,(H,25,27). The summed E-state index contributed by atoms with van der Waals surface area (Å²) in [5.74, 6) is -1.74. The van der Waals surface area contributed by atoms with Gasteiger partial charge in [-0.1, -0.05) is 42.5 Å². The third-order valence-corrected chi connectivity index (χ3v) is 4.22. The van der Waals surface area contributed by atoms with Crippen molar-refractivity contribution in [1.82, 2.24) is 5.32 Å². The predicted molar refractivity (Wildman–Crippen MR) is 98.6 cm³/mol. The van der Waals surface area contributed by atoms with Gasteiger partial charge in [0.25, 0.3) is 5.91 Å². The van der Waals surface area contributed by atoms with Crippen molar-refractivity contribution in [1.29, 1.82) is 0 Å². The zero-order valence-corrected chi connectivity index (χ0v) is 14.6. The molecule has 3 nitrogen and oxygen atoms in total. The Kier molecular flexibility index (Phi) is 5.41. The van der Waals surface area contributed by atoms with Crippen molar-refractivity contribution >= 4 is 11.7 Å². The largest absolute Gasteiger partial charge is 0.345 e. The van der Waals surface area contributed by atoms with Gasteiger partial charge in [0.05, 0.1) is 6.04 Å². The molecule has 0 aliphatic carbocycles. The Morgan fingerprint density at radius 2 is 1.41 bits per heavy atom. The van der Waals surface area contributed by atoms with Crippen LogP contribution in [-0.2, 0) is 0 Å². The Morgan fingerprint density at radius 1 is 0.815 bits per heavy atom. The average molecular weight is 365 g/mol. The summed E-state index contributed by atoms with van der Waals surface area (Å²) in [5, 5.41) is 2.63. The highest BCUT2D eigenvalue weighted by Crippen LogP contribution is 2.19. The van der Waals surface area contributed by atoms with Gasteiger partial charge in [-0.05, 0) is 37.3 Å². The molecule has 3 aromatic rings. The van der Waals surface area contributed by atoms with Crippen molar-refractivity contribution < 1.29 is 18.4 Å². The zero-order chi connectivity index (χ0) is 19.4. The number of amides is 1. The van der Waals surface area contributed by atoms with Gasteiger partial charge < -0.3 is 5.32 Å². The molecule has 0 spiro atoms. The average Bonchev–Trinajstić information content (AvgIpc) is 2.70. The van der Waals surface area contributed by atoms with Crippen LogP contribution in [0.4, 0.5) is 8.78 Å². The molecule has 136 valence electrons. The number of carbonyl (C=O) groups is 2. The fourth-order valence-corrected chi connectivity index (χ4v) is 2.73. The van der Waals surface area contributed by atoms with Gasteiger partial charge in [-0.25, -0.2) is 8.78 Å². The number of ketones is 1. The van der Waals surface area contributed by atoms with E-state index in [0.29, 0.717) is 16.7 Å². The third-order valence-electron chi connectivity index (χ3n) is 4.22. The van der Waals surface area contributed by atoms with Crippen LogP contribution in [-0.4, -0.2) is 11.7 Å². The van der Waals surface area contributed by atoms with E-state index in [9.17, 15) is 18.4 Å². The molecule has 1 unspecified atom stereocenters. The quantitative estimate of drug-likeness (QED) is 0.667. The molecule has 3 rings (SSSR count). The summed E-state index contributed by atoms with van der Waals surface area (Å²) in [7, 11) is 0. The van der Waals surface area contributed by atoms with Gasteiger partial charge in [-0.3, -0.25) is 9.59 Å². The lowest BCUT2D eigenvalue weighted by Crippen LogP contribution is -2.27. The Hall–Kier alpha value is -3.34. The van der Waals surface area contributed by atoms with Crippen molar-refractivity contribution in [3.63, 3.8) is 0 Å². The minimum Gasteiger partial charge on any atom is -0.345 e. The summed E-state index contributed by atoms with van der Waals surface area (Å²) < 4.78 is 27.1. The van der Waals surface area contributed by atoms with Crippen LogP contribution in [0.5, 0.6) is 0 Å². The van der Waals surface area contributed by atoms with Crippen LogP contribution in [0.3, 0.4) is 0 Å². The molecule has 0 heterocycles. The molecule has 0 saturated carbocycles. The Balaban J connectivity index is 1.72. The van der Waals surface area contributed by atoms with Crippen LogP contribution < -0.4 is 5.32 Å². The first kappa shape index (κ1) is 18.5. The van der Waals surface area contributed by atoms with Crippen molar-refractivity contribution in [2.24, 2.45) is 0 Å². The SMILES string of the molecule is CC(NC(=O)c1ccc(C(=O)c2ccccc2)cc1)c1cc(F)ccc1F. The van der Waals surface area contributed by atoms with Gasteiger partial charge in [-0.15, -0.1) is 0 Å². The van der Waals surface area contributed by atoms with Crippen LogP contribution in [0, 0.1) is 11.6 Å². The van der Waals surface area contributed by atoms with Crippen LogP contribution >= 0.6 is 0 Å². The first-order valence-electron chi connectivity index (χ1n) is 8.41. The predicted octanol–water partition coefficient (Wildman–Crippen LogP) is 4.69. The van der Waals surface area contributed by atoms with Crippen LogP contribution in [0.25, 0.3) is 0 Å². The molecule has 0 bridgehead atoms. The van der Waals surface area contributed by atoms with Crippen molar-refractivity contribution in [2.45, 2.75) is 13.0 Å². The molecule has 3 aromatic carbocycles. The molecule has 0 aliphatic heterocycles. The highest BCUT2D eigenvalue weighted by molar-refractivity contribution is 6.09. The molecule has 1 amide bonds. The number of hydrogen-bond donors (Lipinski definition) is 1. The summed E-state index contributed by atoms with van der Waals surface area (Å²) in [6.07, 6.45) is 0. The Morgan fingerprint density at radius 3 is 2.07 bits per heavy atom. The summed E-state index contributed by atoms with van der Waals surface area (Å²) in [6.45, 7) is 1.57. The van der Waals surface area contributed by atoms with Gasteiger partial charge in [0.2, 0.25) is 0 Å². The number of rotatable bonds is 5. The molecule has 0 radical (unpaired) electrons. The number of benzene rings is 3. The number of carbonyl (C=O) groups excluding carboxylic acids is 2. The summed E-state index contributed by atoms with van der Waals surface area (Å²) in [4.78, 5) is 24.7. The highest BCUT2D eigenvalue weighted by Gasteiger charge is 2.16. The molecule has 0 aliphatic rings. The third kappa shape index (κ3) is 4.26. The monoisotopic (exact) mass is 365 g/mol. The minimum absolute atomic E-state index is 0.0687. The second kappa shape index (κ2) is 7.91. The Labute approximate surface area is 155 Å². The van der Waals surface area contributed by atoms with E-state index in [-0.39, 0.29) is 11.3 Å². The first-order chi connectivity index (χ1) is 13.0. The second-order valence-electron chi connectivity index (χ2n) is 6.13. The maximum absolute atomic E-state index is 13.8. The van der Waals surface area contributed by atoms with Gasteiger partial charge in [0, 0.05) is 22.3 Å². The fourth-order valence-electron chi connectivity index (χ4n) is 2.73. The van der Waals surface area contributed by atoms with Crippen molar-refractivity contribution in [3.05, 3.63) is 107 Å². The molecule has 0 aromatic heterocycles. The van der Waals surface area contributed by atoms with E-state index in [1.54, 1.807) is 43.3 Å². The molecule has 1 N–H and O–H groups in total. The summed E-state index contributed by atoms with van der Waals surface area (Å²) in [6, 6.07) is 17.4. The summed E-state index contributed by atoms with van der Waals surface area (Å²) in [5.41, 5.74) is 1.41. The maximum Gasteiger partial charge on any atom is 0.251 e. The van der Waals surface area contributed by atoms with Crippen molar-refractivity contribution in [3.8, 4) is 0 Å². The number of halogens is 2. The number of nitrogens with one attached hydrogen (secondary N) is 1. The highest BCUT2D eigenvalue weighted by atomic mass is 19.1. The smallest absolute Gasteiger partial charge is 0.251 e. The van der Waals surface area contributed by atoms with E-state index in [2.05, 4.69) is 5.32 Å². The summed E-state index contributed by atoms with van der Waals surface area (Å²) >= 11 is 0. The molecule has 1 atom stereocenters. The second-order valence-corrected chi connectivity index (χ2v) is 6.13. The van der Waals surface area contributed by atoms with E-state index in [4.69, 9.17) is 0 Å².